The van der Waals surface area contributed by atoms with Crippen LogP contribution in [0.1, 0.15) is 0 Å². The van der Waals surface area contributed by atoms with Crippen LogP contribution in [-0.4, -0.2) is 50.5 Å². The van der Waals surface area contributed by atoms with Gasteiger partial charge in [-0.15, -0.1) is 5.10 Å². The largest absolute Gasteiger partial charge is 0.508 e. The highest BCUT2D eigenvalue weighted by molar-refractivity contribution is 7.99. The lowest BCUT2D eigenvalue weighted by Crippen LogP contribution is -2.18. The van der Waals surface area contributed by atoms with Crippen molar-refractivity contribution in [2.24, 2.45) is 0 Å². The molecule has 0 spiro atoms. The number of benzene rings is 1. The number of hydrogen-bond acceptors (Lipinski definition) is 6. The molecular weight excluding hydrogens is 309 g/mol. The van der Waals surface area contributed by atoms with E-state index in [9.17, 15) is 18.3 Å². The third kappa shape index (κ3) is 4.90. The lowest BCUT2D eigenvalue weighted by Gasteiger charge is -2.07. The summed E-state index contributed by atoms with van der Waals surface area (Å²) in [6.45, 7) is -1.33. The van der Waals surface area contributed by atoms with E-state index in [4.69, 9.17) is 0 Å². The number of rotatable bonds is 6. The SMILES string of the molecule is Oc1ccc(-n2nnnc2SCCOCC(F)(F)F)cc1. The van der Waals surface area contributed by atoms with Crippen LogP contribution in [0.15, 0.2) is 29.4 Å². The third-order valence-corrected chi connectivity index (χ3v) is 3.14. The minimum atomic E-state index is -4.32. The van der Waals surface area contributed by atoms with Gasteiger partial charge in [-0.05, 0) is 34.7 Å². The molecular formula is C11H11F3N4O2S. The monoisotopic (exact) mass is 320 g/mol. The van der Waals surface area contributed by atoms with Gasteiger partial charge in [0, 0.05) is 5.75 Å². The van der Waals surface area contributed by atoms with Crippen molar-refractivity contribution in [2.75, 3.05) is 19.0 Å². The maximum absolute atomic E-state index is 11.9. The average molecular weight is 320 g/mol. The number of phenolic OH excluding ortho intramolecular Hbond substituents is 1. The van der Waals surface area contributed by atoms with Crippen LogP contribution in [0, 0.1) is 0 Å². The molecule has 114 valence electrons. The van der Waals surface area contributed by atoms with Gasteiger partial charge in [-0.2, -0.15) is 17.9 Å². The average Bonchev–Trinajstić information content (AvgIpc) is 2.86. The summed E-state index contributed by atoms with van der Waals surface area (Å²) in [6.07, 6.45) is -4.32. The van der Waals surface area contributed by atoms with Gasteiger partial charge in [-0.1, -0.05) is 11.8 Å². The zero-order valence-corrected chi connectivity index (χ0v) is 11.4. The van der Waals surface area contributed by atoms with Gasteiger partial charge in [-0.3, -0.25) is 0 Å². The molecule has 2 aromatic rings. The smallest absolute Gasteiger partial charge is 0.411 e. The Morgan fingerprint density at radius 2 is 1.95 bits per heavy atom. The Bertz CT molecular complexity index is 574. The molecule has 0 fully saturated rings. The molecule has 0 saturated carbocycles. The number of ether oxygens (including phenoxy) is 1. The molecule has 2 rings (SSSR count). The minimum absolute atomic E-state index is 0.0629. The topological polar surface area (TPSA) is 73.1 Å². The zero-order valence-electron chi connectivity index (χ0n) is 10.6. The molecule has 0 amide bonds. The van der Waals surface area contributed by atoms with Gasteiger partial charge in [0.1, 0.15) is 12.4 Å². The van der Waals surface area contributed by atoms with Gasteiger partial charge in [0.15, 0.2) is 0 Å². The van der Waals surface area contributed by atoms with E-state index in [1.165, 1.54) is 28.6 Å². The second kappa shape index (κ2) is 6.76. The van der Waals surface area contributed by atoms with Crippen molar-refractivity contribution in [1.29, 1.82) is 0 Å². The van der Waals surface area contributed by atoms with E-state index in [2.05, 4.69) is 20.3 Å². The van der Waals surface area contributed by atoms with Crippen molar-refractivity contribution in [3.05, 3.63) is 24.3 Å². The van der Waals surface area contributed by atoms with E-state index in [0.717, 1.165) is 0 Å². The first-order chi connectivity index (χ1) is 9.96. The highest BCUT2D eigenvalue weighted by Gasteiger charge is 2.27. The number of alkyl halides is 3. The number of aromatic hydroxyl groups is 1. The van der Waals surface area contributed by atoms with Crippen LogP contribution in [0.5, 0.6) is 5.75 Å². The van der Waals surface area contributed by atoms with Crippen LogP contribution < -0.4 is 0 Å². The fourth-order valence-corrected chi connectivity index (χ4v) is 2.15. The van der Waals surface area contributed by atoms with Gasteiger partial charge in [0.25, 0.3) is 0 Å². The second-order valence-electron chi connectivity index (χ2n) is 3.91. The Labute approximate surface area is 121 Å². The molecule has 0 saturated heterocycles. The molecule has 1 aromatic carbocycles. The molecule has 0 aliphatic rings. The predicted octanol–water partition coefficient (Wildman–Crippen LogP) is 2.04. The Morgan fingerprint density at radius 1 is 1.24 bits per heavy atom. The first kappa shape index (κ1) is 15.6. The van der Waals surface area contributed by atoms with E-state index in [1.807, 2.05) is 0 Å². The third-order valence-electron chi connectivity index (χ3n) is 2.26. The molecule has 0 unspecified atom stereocenters. The molecule has 1 heterocycles. The Hall–Kier alpha value is -1.81. The molecule has 0 bridgehead atoms. The summed E-state index contributed by atoms with van der Waals surface area (Å²) in [5, 5.41) is 20.7. The number of thioether (sulfide) groups is 1. The summed E-state index contributed by atoms with van der Waals surface area (Å²) in [6, 6.07) is 6.21. The van der Waals surface area contributed by atoms with Gasteiger partial charge >= 0.3 is 6.18 Å². The molecule has 0 aliphatic carbocycles. The highest BCUT2D eigenvalue weighted by atomic mass is 32.2. The van der Waals surface area contributed by atoms with Crippen molar-refractivity contribution >= 4 is 11.8 Å². The summed E-state index contributed by atoms with van der Waals surface area (Å²) in [5.41, 5.74) is 0.636. The molecule has 21 heavy (non-hydrogen) atoms. The van der Waals surface area contributed by atoms with E-state index in [1.54, 1.807) is 12.1 Å². The minimum Gasteiger partial charge on any atom is -0.508 e. The summed E-state index contributed by atoms with van der Waals surface area (Å²) in [5.74, 6) is 0.399. The molecule has 0 atom stereocenters. The lowest BCUT2D eigenvalue weighted by molar-refractivity contribution is -0.172. The fraction of sp³-hybridized carbons (Fsp3) is 0.364. The number of hydrogen-bond donors (Lipinski definition) is 1. The number of nitrogens with zero attached hydrogens (tertiary/aromatic N) is 4. The zero-order chi connectivity index (χ0) is 15.3. The van der Waals surface area contributed by atoms with E-state index in [-0.39, 0.29) is 18.1 Å². The van der Waals surface area contributed by atoms with Crippen molar-refractivity contribution in [2.45, 2.75) is 11.3 Å². The first-order valence-electron chi connectivity index (χ1n) is 5.81. The molecule has 0 aliphatic heterocycles. The van der Waals surface area contributed by atoms with Crippen molar-refractivity contribution in [3.8, 4) is 11.4 Å². The van der Waals surface area contributed by atoms with Crippen molar-refractivity contribution in [1.82, 2.24) is 20.2 Å². The van der Waals surface area contributed by atoms with Crippen LogP contribution in [0.4, 0.5) is 13.2 Å². The summed E-state index contributed by atoms with van der Waals surface area (Å²) >= 11 is 1.18. The second-order valence-corrected chi connectivity index (χ2v) is 4.97. The first-order valence-corrected chi connectivity index (χ1v) is 6.79. The van der Waals surface area contributed by atoms with Crippen LogP contribution in [0.25, 0.3) is 5.69 Å². The summed E-state index contributed by atoms with van der Waals surface area (Å²) in [7, 11) is 0. The van der Waals surface area contributed by atoms with Crippen molar-refractivity contribution < 1.29 is 23.0 Å². The summed E-state index contributed by atoms with van der Waals surface area (Å²) < 4.78 is 41.6. The summed E-state index contributed by atoms with van der Waals surface area (Å²) in [4.78, 5) is 0. The van der Waals surface area contributed by atoms with E-state index in [0.29, 0.717) is 10.8 Å². The molecule has 0 radical (unpaired) electrons. The number of aromatic nitrogens is 4. The van der Waals surface area contributed by atoms with Crippen LogP contribution in [0.3, 0.4) is 0 Å². The van der Waals surface area contributed by atoms with Gasteiger partial charge < -0.3 is 9.84 Å². The number of tetrazole rings is 1. The standard InChI is InChI=1S/C11H11F3N4O2S/c12-11(13,14)7-20-5-6-21-10-15-16-17-18(10)8-1-3-9(19)4-2-8/h1-4,19H,5-7H2. The number of halogens is 3. The molecule has 10 heteroatoms. The fourth-order valence-electron chi connectivity index (χ4n) is 1.40. The Morgan fingerprint density at radius 3 is 2.62 bits per heavy atom. The van der Waals surface area contributed by atoms with E-state index >= 15 is 0 Å². The number of phenols is 1. The Balaban J connectivity index is 1.88. The van der Waals surface area contributed by atoms with Crippen LogP contribution in [0.2, 0.25) is 0 Å². The maximum Gasteiger partial charge on any atom is 0.411 e. The maximum atomic E-state index is 11.9. The highest BCUT2D eigenvalue weighted by Crippen LogP contribution is 2.20. The normalized spacial score (nSPS) is 11.8. The molecule has 1 aromatic heterocycles. The van der Waals surface area contributed by atoms with Crippen LogP contribution in [-0.2, 0) is 4.74 Å². The lowest BCUT2D eigenvalue weighted by atomic mass is 10.3. The Kier molecular flexibility index (Phi) is 5.02. The van der Waals surface area contributed by atoms with Gasteiger partial charge in [0.2, 0.25) is 5.16 Å². The molecule has 1 N–H and O–H groups in total. The van der Waals surface area contributed by atoms with Gasteiger partial charge in [-0.25, -0.2) is 0 Å². The van der Waals surface area contributed by atoms with Crippen LogP contribution >= 0.6 is 11.8 Å². The predicted molar refractivity (Wildman–Crippen MR) is 68.4 cm³/mol. The van der Waals surface area contributed by atoms with Crippen molar-refractivity contribution in [3.63, 3.8) is 0 Å². The molecule has 6 nitrogen and oxygen atoms in total. The van der Waals surface area contributed by atoms with E-state index < -0.39 is 12.8 Å². The van der Waals surface area contributed by atoms with Gasteiger partial charge in [0.05, 0.1) is 12.3 Å². The quantitative estimate of drug-likeness (QED) is 0.648.